The molecule has 1 aromatic carbocycles. The Bertz CT molecular complexity index is 828. The van der Waals surface area contributed by atoms with Gasteiger partial charge in [-0.15, -0.1) is 0 Å². The number of carbonyl (C=O) groups excluding carboxylic acids is 2. The van der Waals surface area contributed by atoms with Gasteiger partial charge in [-0.05, 0) is 30.7 Å². The Balaban J connectivity index is 1.82. The molecule has 1 unspecified atom stereocenters. The molecule has 3 rings (SSSR count). The van der Waals surface area contributed by atoms with Crippen LogP contribution in [-0.4, -0.2) is 53.8 Å². The Hall–Kier alpha value is -2.97. The largest absolute Gasteiger partial charge is 0.491 e. The normalized spacial score (nSPS) is 14.4. The predicted molar refractivity (Wildman–Crippen MR) is 100 cm³/mol. The summed E-state index contributed by atoms with van der Waals surface area (Å²) in [6.07, 6.45) is 2.21. The summed E-state index contributed by atoms with van der Waals surface area (Å²) in [5.41, 5.74) is 3.40. The number of hydroxylamine groups is 1. The van der Waals surface area contributed by atoms with Crippen LogP contribution in [0.25, 0.3) is 0 Å². The summed E-state index contributed by atoms with van der Waals surface area (Å²) in [5.74, 6) is -0.521. The maximum absolute atomic E-state index is 13.3. The summed E-state index contributed by atoms with van der Waals surface area (Å²) < 4.78 is 10.9. The van der Waals surface area contributed by atoms with E-state index in [9.17, 15) is 9.59 Å². The quantitative estimate of drug-likeness (QED) is 0.580. The first-order chi connectivity index (χ1) is 13.6. The molecule has 1 aliphatic rings. The van der Waals surface area contributed by atoms with Crippen LogP contribution in [0, 0.1) is 0 Å². The zero-order valence-electron chi connectivity index (χ0n) is 15.6. The van der Waals surface area contributed by atoms with Crippen molar-refractivity contribution >= 4 is 11.8 Å². The standard InChI is InChI=1S/C20H23N3O5/c1-27-10-7-16(17-4-2-3-8-21-17)20(25)23-9-11-28-18-12-14(19(24)22-26)5-6-15(18)13-23/h2-6,8,12,16,26H,7,9-11,13H2,1H3,(H,22,24). The van der Waals surface area contributed by atoms with Gasteiger partial charge in [-0.2, -0.15) is 0 Å². The molecule has 2 heterocycles. The highest BCUT2D eigenvalue weighted by atomic mass is 16.5. The lowest BCUT2D eigenvalue weighted by molar-refractivity contribution is -0.134. The fourth-order valence-electron chi connectivity index (χ4n) is 3.20. The van der Waals surface area contributed by atoms with Crippen molar-refractivity contribution in [3.05, 3.63) is 59.4 Å². The number of amides is 2. The monoisotopic (exact) mass is 385 g/mol. The van der Waals surface area contributed by atoms with E-state index in [1.807, 2.05) is 18.2 Å². The number of nitrogens with zero attached hydrogens (tertiary/aromatic N) is 2. The van der Waals surface area contributed by atoms with Crippen LogP contribution >= 0.6 is 0 Å². The van der Waals surface area contributed by atoms with Gasteiger partial charge >= 0.3 is 0 Å². The predicted octanol–water partition coefficient (Wildman–Crippen LogP) is 1.74. The first kappa shape index (κ1) is 19.8. The maximum atomic E-state index is 13.3. The summed E-state index contributed by atoms with van der Waals surface area (Å²) >= 11 is 0. The van der Waals surface area contributed by atoms with Crippen LogP contribution < -0.4 is 10.2 Å². The highest BCUT2D eigenvalue weighted by Crippen LogP contribution is 2.28. The van der Waals surface area contributed by atoms with Crippen molar-refractivity contribution in [1.29, 1.82) is 0 Å². The van der Waals surface area contributed by atoms with Gasteiger partial charge in [0.05, 0.1) is 18.2 Å². The van der Waals surface area contributed by atoms with Gasteiger partial charge < -0.3 is 14.4 Å². The van der Waals surface area contributed by atoms with Gasteiger partial charge in [0.2, 0.25) is 5.91 Å². The van der Waals surface area contributed by atoms with Gasteiger partial charge in [-0.25, -0.2) is 5.48 Å². The van der Waals surface area contributed by atoms with E-state index in [2.05, 4.69) is 4.98 Å². The summed E-state index contributed by atoms with van der Waals surface area (Å²) in [7, 11) is 1.61. The molecule has 1 atom stereocenters. The number of nitrogens with one attached hydrogen (secondary N) is 1. The fraction of sp³-hybridized carbons (Fsp3) is 0.350. The molecule has 2 aromatic rings. The number of hydrogen-bond acceptors (Lipinski definition) is 6. The topological polar surface area (TPSA) is 101 Å². The second-order valence-corrected chi connectivity index (χ2v) is 6.46. The number of pyridine rings is 1. The zero-order chi connectivity index (χ0) is 19.9. The molecule has 0 aliphatic carbocycles. The third kappa shape index (κ3) is 4.47. The van der Waals surface area contributed by atoms with E-state index >= 15 is 0 Å². The number of rotatable bonds is 6. The molecule has 0 bridgehead atoms. The van der Waals surface area contributed by atoms with E-state index in [-0.39, 0.29) is 11.5 Å². The molecule has 2 amide bonds. The van der Waals surface area contributed by atoms with E-state index < -0.39 is 11.8 Å². The van der Waals surface area contributed by atoms with Gasteiger partial charge in [0, 0.05) is 37.6 Å². The Morgan fingerprint density at radius 2 is 2.21 bits per heavy atom. The van der Waals surface area contributed by atoms with Gasteiger partial charge in [0.1, 0.15) is 12.4 Å². The van der Waals surface area contributed by atoms with Crippen LogP contribution in [0.4, 0.5) is 0 Å². The van der Waals surface area contributed by atoms with Crippen LogP contribution in [0.5, 0.6) is 5.75 Å². The lowest BCUT2D eigenvalue weighted by Crippen LogP contribution is -2.37. The van der Waals surface area contributed by atoms with Crippen molar-refractivity contribution in [3.63, 3.8) is 0 Å². The molecule has 0 saturated heterocycles. The highest BCUT2D eigenvalue weighted by molar-refractivity contribution is 5.93. The number of aromatic nitrogens is 1. The molecule has 0 radical (unpaired) electrons. The molecule has 1 aromatic heterocycles. The number of hydrogen-bond donors (Lipinski definition) is 2. The first-order valence-electron chi connectivity index (χ1n) is 9.03. The summed E-state index contributed by atoms with van der Waals surface area (Å²) in [5, 5.41) is 8.79. The Morgan fingerprint density at radius 3 is 2.93 bits per heavy atom. The van der Waals surface area contributed by atoms with E-state index in [0.717, 1.165) is 5.56 Å². The highest BCUT2D eigenvalue weighted by Gasteiger charge is 2.29. The smallest absolute Gasteiger partial charge is 0.274 e. The van der Waals surface area contributed by atoms with Crippen LogP contribution in [0.3, 0.4) is 0 Å². The number of methoxy groups -OCH3 is 1. The molecule has 148 valence electrons. The average molecular weight is 385 g/mol. The second kappa shape index (κ2) is 9.29. The van der Waals surface area contributed by atoms with Crippen molar-refractivity contribution in [2.24, 2.45) is 0 Å². The second-order valence-electron chi connectivity index (χ2n) is 6.46. The number of carbonyl (C=O) groups is 2. The Labute approximate surface area is 163 Å². The van der Waals surface area contributed by atoms with Gasteiger partial charge in [0.15, 0.2) is 0 Å². The Morgan fingerprint density at radius 1 is 1.36 bits per heavy atom. The van der Waals surface area contributed by atoms with E-state index in [0.29, 0.717) is 44.2 Å². The van der Waals surface area contributed by atoms with Crippen molar-refractivity contribution in [2.75, 3.05) is 26.9 Å². The average Bonchev–Trinajstić information content (AvgIpc) is 2.96. The Kier molecular flexibility index (Phi) is 6.57. The third-order valence-electron chi connectivity index (χ3n) is 4.68. The molecule has 0 spiro atoms. The van der Waals surface area contributed by atoms with Crippen LogP contribution in [0.15, 0.2) is 42.6 Å². The third-order valence-corrected chi connectivity index (χ3v) is 4.68. The van der Waals surface area contributed by atoms with Crippen molar-refractivity contribution in [3.8, 4) is 5.75 Å². The maximum Gasteiger partial charge on any atom is 0.274 e. The van der Waals surface area contributed by atoms with Gasteiger partial charge in [-0.1, -0.05) is 12.1 Å². The molecule has 2 N–H and O–H groups in total. The molecule has 28 heavy (non-hydrogen) atoms. The summed E-state index contributed by atoms with van der Waals surface area (Å²) in [6, 6.07) is 10.4. The van der Waals surface area contributed by atoms with E-state index in [4.69, 9.17) is 14.7 Å². The van der Waals surface area contributed by atoms with Crippen molar-refractivity contribution < 1.29 is 24.3 Å². The minimum Gasteiger partial charge on any atom is -0.491 e. The van der Waals surface area contributed by atoms with E-state index in [1.165, 1.54) is 0 Å². The van der Waals surface area contributed by atoms with Crippen molar-refractivity contribution in [2.45, 2.75) is 18.9 Å². The first-order valence-corrected chi connectivity index (χ1v) is 9.03. The number of benzene rings is 1. The summed E-state index contributed by atoms with van der Waals surface area (Å²) in [4.78, 5) is 31.0. The number of fused-ring (bicyclic) bond motifs is 1. The van der Waals surface area contributed by atoms with Crippen molar-refractivity contribution in [1.82, 2.24) is 15.4 Å². The molecular weight excluding hydrogens is 362 g/mol. The zero-order valence-corrected chi connectivity index (χ0v) is 15.6. The van der Waals surface area contributed by atoms with Crippen LogP contribution in [-0.2, 0) is 16.1 Å². The SMILES string of the molecule is COCCC(C(=O)N1CCOc2cc(C(=O)NO)ccc2C1)c1ccccn1. The number of ether oxygens (including phenoxy) is 2. The molecular formula is C20H23N3O5. The van der Waals surface area contributed by atoms with Gasteiger partial charge in [-0.3, -0.25) is 19.8 Å². The minimum absolute atomic E-state index is 0.0376. The minimum atomic E-state index is -0.613. The van der Waals surface area contributed by atoms with Gasteiger partial charge in [0.25, 0.3) is 5.91 Å². The lowest BCUT2D eigenvalue weighted by Gasteiger charge is -2.25. The molecule has 0 saturated carbocycles. The molecule has 0 fully saturated rings. The van der Waals surface area contributed by atoms with Crippen LogP contribution in [0.1, 0.15) is 34.0 Å². The van der Waals surface area contributed by atoms with E-state index in [1.54, 1.807) is 41.9 Å². The summed E-state index contributed by atoms with van der Waals surface area (Å²) in [6.45, 7) is 1.55. The fourth-order valence-corrected chi connectivity index (χ4v) is 3.20. The lowest BCUT2D eigenvalue weighted by atomic mass is 9.98. The molecule has 8 heteroatoms. The van der Waals surface area contributed by atoms with Crippen LogP contribution in [0.2, 0.25) is 0 Å². The molecule has 1 aliphatic heterocycles. The molecule has 8 nitrogen and oxygen atoms in total.